The Morgan fingerprint density at radius 3 is 2.90 bits per heavy atom. The summed E-state index contributed by atoms with van der Waals surface area (Å²) in [6, 6.07) is 1.26. The molecule has 3 aromatic heterocycles. The van der Waals surface area contributed by atoms with Crippen molar-refractivity contribution < 1.29 is 4.79 Å². The maximum atomic E-state index is 12.6. The molecule has 0 radical (unpaired) electrons. The topological polar surface area (TPSA) is 107 Å². The number of nitrogens with one attached hydrogen (secondary N) is 4. The Morgan fingerprint density at radius 2 is 2.17 bits per heavy atom. The van der Waals surface area contributed by atoms with Gasteiger partial charge in [0.15, 0.2) is 5.82 Å². The zero-order chi connectivity index (χ0) is 20.0. The molecule has 4 heterocycles. The van der Waals surface area contributed by atoms with Crippen molar-refractivity contribution >= 4 is 56.5 Å². The number of aryl methyl sites for hydroxylation is 1. The van der Waals surface area contributed by atoms with Crippen LogP contribution in [0.3, 0.4) is 0 Å². The van der Waals surface area contributed by atoms with Gasteiger partial charge < -0.3 is 16.1 Å². The van der Waals surface area contributed by atoms with Crippen LogP contribution in [0.4, 0.5) is 22.0 Å². The van der Waals surface area contributed by atoms with Gasteiger partial charge in [0, 0.05) is 18.0 Å². The number of thiazole rings is 1. The summed E-state index contributed by atoms with van der Waals surface area (Å²) in [5.41, 5.74) is 8.81. The molecule has 1 aliphatic carbocycles. The third-order valence-corrected chi connectivity index (χ3v) is 5.76. The van der Waals surface area contributed by atoms with Crippen LogP contribution in [-0.4, -0.2) is 21.0 Å². The normalized spacial score (nSPS) is 15.6. The number of amides is 2. The predicted octanol–water partition coefficient (Wildman–Crippen LogP) is 3.87. The number of urea groups is 1. The highest BCUT2D eigenvalue weighted by Gasteiger charge is 2.30. The average molecular weight is 429 g/mol. The standard InChI is InChI=1S/C18H17ClN8OS/c1-9-23-15-14(10-2-3-10)13(8-21-17(15)29-9)25-18(28)24-11-6-12(19)16(20-7-11)27-5-4-22-26-27/h4-8,10,22,26H,2-3H2,1H3,(H2,24,25,28). The second kappa shape index (κ2) is 7.14. The first-order chi connectivity index (χ1) is 14.1. The van der Waals surface area contributed by atoms with Gasteiger partial charge in [0.2, 0.25) is 0 Å². The first kappa shape index (κ1) is 18.1. The van der Waals surface area contributed by atoms with E-state index in [0.29, 0.717) is 28.1 Å². The largest absolute Gasteiger partial charge is 0.323 e. The monoisotopic (exact) mass is 428 g/mol. The quantitative estimate of drug-likeness (QED) is 0.499. The highest BCUT2D eigenvalue weighted by atomic mass is 35.5. The van der Waals surface area contributed by atoms with E-state index in [-0.39, 0.29) is 6.03 Å². The van der Waals surface area contributed by atoms with Crippen LogP contribution in [0.15, 0.2) is 30.9 Å². The molecule has 0 unspecified atom stereocenters. The lowest BCUT2D eigenvalue weighted by Crippen LogP contribution is -2.36. The number of nitrogens with zero attached hydrogens (tertiary/aromatic N) is 4. The lowest BCUT2D eigenvalue weighted by molar-refractivity contribution is 0.262. The van der Waals surface area contributed by atoms with E-state index in [0.717, 1.165) is 33.8 Å². The van der Waals surface area contributed by atoms with E-state index in [9.17, 15) is 4.79 Å². The third kappa shape index (κ3) is 3.57. The second-order valence-electron chi connectivity index (χ2n) is 6.80. The molecule has 11 heteroatoms. The van der Waals surface area contributed by atoms with Crippen LogP contribution in [0.1, 0.15) is 29.3 Å². The smallest absolute Gasteiger partial charge is 0.309 e. The maximum absolute atomic E-state index is 12.6. The van der Waals surface area contributed by atoms with E-state index in [4.69, 9.17) is 11.6 Å². The number of fused-ring (bicyclic) bond motifs is 1. The summed E-state index contributed by atoms with van der Waals surface area (Å²) in [5, 5.41) is 8.67. The second-order valence-corrected chi connectivity index (χ2v) is 8.39. The van der Waals surface area contributed by atoms with Crippen molar-refractivity contribution in [3.8, 4) is 0 Å². The Hall–Kier alpha value is -2.95. The summed E-state index contributed by atoms with van der Waals surface area (Å²) in [5.74, 6) is 0.936. The summed E-state index contributed by atoms with van der Waals surface area (Å²) in [7, 11) is 0. The van der Waals surface area contributed by atoms with Crippen molar-refractivity contribution in [1.82, 2.24) is 25.9 Å². The molecule has 148 valence electrons. The van der Waals surface area contributed by atoms with Gasteiger partial charge in [-0.2, -0.15) is 0 Å². The summed E-state index contributed by atoms with van der Waals surface area (Å²) in [6.07, 6.45) is 8.91. The number of aromatic nitrogens is 3. The molecule has 2 aliphatic rings. The molecule has 0 aromatic carbocycles. The number of hydrazine groups is 2. The summed E-state index contributed by atoms with van der Waals surface area (Å²) in [4.78, 5) is 26.9. The SMILES string of the molecule is Cc1nc2c(C3CC3)c(NC(=O)Nc3cnc(N4C=CNN4)c(Cl)c3)cnc2s1. The van der Waals surface area contributed by atoms with Gasteiger partial charge in [0.25, 0.3) is 0 Å². The van der Waals surface area contributed by atoms with Crippen LogP contribution in [0.2, 0.25) is 5.02 Å². The number of halogens is 1. The van der Waals surface area contributed by atoms with Gasteiger partial charge in [-0.15, -0.1) is 5.53 Å². The van der Waals surface area contributed by atoms with Gasteiger partial charge >= 0.3 is 6.03 Å². The summed E-state index contributed by atoms with van der Waals surface area (Å²) >= 11 is 7.86. The summed E-state index contributed by atoms with van der Waals surface area (Å²) in [6.45, 7) is 1.97. The molecule has 0 spiro atoms. The Labute approximate surface area is 175 Å². The van der Waals surface area contributed by atoms with Crippen molar-refractivity contribution in [3.63, 3.8) is 0 Å². The molecule has 1 aliphatic heterocycles. The maximum Gasteiger partial charge on any atom is 0.323 e. The molecule has 29 heavy (non-hydrogen) atoms. The number of anilines is 3. The van der Waals surface area contributed by atoms with E-state index >= 15 is 0 Å². The lowest BCUT2D eigenvalue weighted by atomic mass is 10.1. The predicted molar refractivity (Wildman–Crippen MR) is 114 cm³/mol. The van der Waals surface area contributed by atoms with Crippen LogP contribution in [0, 0.1) is 6.92 Å². The van der Waals surface area contributed by atoms with Crippen LogP contribution in [0.5, 0.6) is 0 Å². The first-order valence-electron chi connectivity index (χ1n) is 9.05. The molecular weight excluding hydrogens is 412 g/mol. The van der Waals surface area contributed by atoms with Crippen molar-refractivity contribution in [2.24, 2.45) is 0 Å². The number of carbonyl (C=O) groups is 1. The molecule has 1 fully saturated rings. The minimum atomic E-state index is -0.383. The minimum absolute atomic E-state index is 0.383. The molecule has 1 saturated carbocycles. The highest BCUT2D eigenvalue weighted by Crippen LogP contribution is 2.46. The van der Waals surface area contributed by atoms with Gasteiger partial charge in [0.05, 0.1) is 33.8 Å². The number of rotatable bonds is 4. The molecule has 0 bridgehead atoms. The average Bonchev–Trinajstić information content (AvgIpc) is 3.21. The molecule has 9 nitrogen and oxygen atoms in total. The van der Waals surface area contributed by atoms with Crippen LogP contribution in [0.25, 0.3) is 10.3 Å². The molecule has 4 N–H and O–H groups in total. The van der Waals surface area contributed by atoms with Crippen molar-refractivity contribution in [1.29, 1.82) is 0 Å². The number of hydrogen-bond acceptors (Lipinski definition) is 8. The van der Waals surface area contributed by atoms with E-state index < -0.39 is 0 Å². The molecule has 0 atom stereocenters. The Morgan fingerprint density at radius 1 is 1.31 bits per heavy atom. The third-order valence-electron chi connectivity index (χ3n) is 4.61. The lowest BCUT2D eigenvalue weighted by Gasteiger charge is -2.16. The Kier molecular flexibility index (Phi) is 4.46. The zero-order valence-corrected chi connectivity index (χ0v) is 16.9. The molecule has 0 saturated heterocycles. The minimum Gasteiger partial charge on any atom is -0.309 e. The molecule has 5 rings (SSSR count). The van der Waals surface area contributed by atoms with E-state index in [1.807, 2.05) is 6.92 Å². The van der Waals surface area contributed by atoms with Crippen LogP contribution in [-0.2, 0) is 0 Å². The number of hydrogen-bond donors (Lipinski definition) is 4. The van der Waals surface area contributed by atoms with Crippen molar-refractivity contribution in [2.45, 2.75) is 25.7 Å². The van der Waals surface area contributed by atoms with Crippen LogP contribution >= 0.6 is 22.9 Å². The summed E-state index contributed by atoms with van der Waals surface area (Å²) < 4.78 is 0. The number of carbonyl (C=O) groups excluding carboxylic acids is 1. The van der Waals surface area contributed by atoms with E-state index in [1.165, 1.54) is 0 Å². The fourth-order valence-electron chi connectivity index (χ4n) is 3.22. The van der Waals surface area contributed by atoms with Crippen LogP contribution < -0.4 is 26.6 Å². The van der Waals surface area contributed by atoms with Gasteiger partial charge in [-0.1, -0.05) is 22.9 Å². The van der Waals surface area contributed by atoms with E-state index in [2.05, 4.69) is 36.5 Å². The zero-order valence-electron chi connectivity index (χ0n) is 15.4. The van der Waals surface area contributed by atoms with Gasteiger partial charge in [-0.05, 0) is 31.7 Å². The molecule has 3 aromatic rings. The van der Waals surface area contributed by atoms with Gasteiger partial charge in [-0.3, -0.25) is 0 Å². The van der Waals surface area contributed by atoms with Gasteiger partial charge in [-0.25, -0.2) is 24.8 Å². The van der Waals surface area contributed by atoms with Gasteiger partial charge in [0.1, 0.15) is 10.3 Å². The fraction of sp³-hybridized carbons (Fsp3) is 0.222. The van der Waals surface area contributed by atoms with Crippen molar-refractivity contribution in [2.75, 3.05) is 15.6 Å². The van der Waals surface area contributed by atoms with E-state index in [1.54, 1.807) is 47.2 Å². The molecular formula is C18H17ClN8OS. The highest BCUT2D eigenvalue weighted by molar-refractivity contribution is 7.18. The number of pyridine rings is 2. The van der Waals surface area contributed by atoms with Crippen molar-refractivity contribution in [3.05, 3.63) is 46.5 Å². The fourth-order valence-corrected chi connectivity index (χ4v) is 4.26. The first-order valence-corrected chi connectivity index (χ1v) is 10.2. The molecule has 2 amide bonds. The Balaban J connectivity index is 1.35. The Bertz CT molecular complexity index is 1140.